The normalized spacial score (nSPS) is 15.5. The average molecular weight is 400 g/mol. The van der Waals surface area contributed by atoms with Gasteiger partial charge in [-0.1, -0.05) is 25.8 Å². The number of benzene rings is 1. The van der Waals surface area contributed by atoms with E-state index in [2.05, 4.69) is 22.3 Å². The lowest BCUT2D eigenvalue weighted by molar-refractivity contribution is -0.139. The highest BCUT2D eigenvalue weighted by Gasteiger charge is 2.34. The first kappa shape index (κ1) is 20.7. The number of nitrogens with zero attached hydrogens (tertiary/aromatic N) is 3. The van der Waals surface area contributed by atoms with Crippen LogP contribution < -0.4 is 14.8 Å². The number of carbonyl (C=O) groups is 1. The van der Waals surface area contributed by atoms with Gasteiger partial charge in [0.25, 0.3) is 0 Å². The van der Waals surface area contributed by atoms with Gasteiger partial charge in [0.15, 0.2) is 11.5 Å². The molecule has 1 aromatic heterocycles. The second kappa shape index (κ2) is 9.45. The lowest BCUT2D eigenvalue weighted by Gasteiger charge is -2.28. The molecular weight excluding hydrogens is 372 g/mol. The smallest absolute Gasteiger partial charge is 0.338 e. The Bertz CT molecular complexity index is 891. The van der Waals surface area contributed by atoms with Crippen LogP contribution in [0.1, 0.15) is 51.6 Å². The average Bonchev–Trinajstić information content (AvgIpc) is 3.18. The maximum atomic E-state index is 12.7. The summed E-state index contributed by atoms with van der Waals surface area (Å²) in [5, 5.41) is 7.44. The number of nitrogens with one attached hydrogen (secondary N) is 1. The van der Waals surface area contributed by atoms with Gasteiger partial charge in [-0.15, -0.1) is 0 Å². The zero-order valence-electron chi connectivity index (χ0n) is 17.4. The molecule has 0 radical (unpaired) electrons. The molecule has 0 saturated carbocycles. The highest BCUT2D eigenvalue weighted by atomic mass is 16.5. The number of carbonyl (C=O) groups excluding carboxylic acids is 1. The number of fused-ring (bicyclic) bond motifs is 1. The Balaban J connectivity index is 1.97. The van der Waals surface area contributed by atoms with Gasteiger partial charge in [-0.2, -0.15) is 10.1 Å². The van der Waals surface area contributed by atoms with Crippen molar-refractivity contribution in [2.45, 2.75) is 46.1 Å². The predicted octanol–water partition coefficient (Wildman–Crippen LogP) is 3.71. The summed E-state index contributed by atoms with van der Waals surface area (Å²) in [6.45, 7) is 6.70. The zero-order chi connectivity index (χ0) is 20.8. The summed E-state index contributed by atoms with van der Waals surface area (Å²) in [6, 6.07) is 5.20. The third-order valence-corrected chi connectivity index (χ3v) is 4.80. The Morgan fingerprint density at radius 1 is 1.24 bits per heavy atom. The molecule has 1 N–H and O–H groups in total. The molecule has 2 heterocycles. The van der Waals surface area contributed by atoms with E-state index in [4.69, 9.17) is 14.2 Å². The van der Waals surface area contributed by atoms with Crippen molar-refractivity contribution in [3.05, 3.63) is 41.4 Å². The Morgan fingerprint density at radius 2 is 2.07 bits per heavy atom. The van der Waals surface area contributed by atoms with Gasteiger partial charge in [-0.3, -0.25) is 0 Å². The lowest BCUT2D eigenvalue weighted by atomic mass is 9.95. The third-order valence-electron chi connectivity index (χ3n) is 4.80. The number of hydrogen-bond donors (Lipinski definition) is 1. The summed E-state index contributed by atoms with van der Waals surface area (Å²) < 4.78 is 18.4. The Hall–Kier alpha value is -3.03. The summed E-state index contributed by atoms with van der Waals surface area (Å²) >= 11 is 0. The van der Waals surface area contributed by atoms with Crippen molar-refractivity contribution < 1.29 is 19.0 Å². The predicted molar refractivity (Wildman–Crippen MR) is 109 cm³/mol. The van der Waals surface area contributed by atoms with Gasteiger partial charge in [0.2, 0.25) is 5.95 Å². The Morgan fingerprint density at radius 3 is 2.79 bits per heavy atom. The molecule has 1 aliphatic rings. The second-order valence-electron chi connectivity index (χ2n) is 6.78. The van der Waals surface area contributed by atoms with Crippen LogP contribution in [0.3, 0.4) is 0 Å². The fourth-order valence-electron chi connectivity index (χ4n) is 3.38. The number of allylic oxidation sites excluding steroid dienone is 1. The molecule has 29 heavy (non-hydrogen) atoms. The van der Waals surface area contributed by atoms with E-state index in [9.17, 15) is 4.79 Å². The molecule has 0 bridgehead atoms. The van der Waals surface area contributed by atoms with Gasteiger partial charge >= 0.3 is 5.97 Å². The molecule has 0 unspecified atom stereocenters. The largest absolute Gasteiger partial charge is 0.493 e. The van der Waals surface area contributed by atoms with Crippen molar-refractivity contribution in [3.63, 3.8) is 0 Å². The molecule has 1 aromatic carbocycles. The number of methoxy groups -OCH3 is 1. The van der Waals surface area contributed by atoms with Gasteiger partial charge in [-0.25, -0.2) is 9.48 Å². The number of aromatic nitrogens is 3. The number of hydrogen-bond acceptors (Lipinski definition) is 7. The van der Waals surface area contributed by atoms with Crippen molar-refractivity contribution in [1.29, 1.82) is 0 Å². The van der Waals surface area contributed by atoms with Crippen LogP contribution in [-0.2, 0) is 9.53 Å². The van der Waals surface area contributed by atoms with Crippen LogP contribution >= 0.6 is 0 Å². The zero-order valence-corrected chi connectivity index (χ0v) is 17.4. The van der Waals surface area contributed by atoms with Crippen LogP contribution in [0.4, 0.5) is 5.95 Å². The first-order valence-electron chi connectivity index (χ1n) is 9.95. The van der Waals surface area contributed by atoms with E-state index in [-0.39, 0.29) is 5.97 Å². The maximum Gasteiger partial charge on any atom is 0.338 e. The fourth-order valence-corrected chi connectivity index (χ4v) is 3.38. The van der Waals surface area contributed by atoms with Crippen LogP contribution in [0.2, 0.25) is 0 Å². The Kier molecular flexibility index (Phi) is 6.74. The van der Waals surface area contributed by atoms with Crippen molar-refractivity contribution in [2.24, 2.45) is 0 Å². The van der Waals surface area contributed by atoms with Crippen molar-refractivity contribution in [3.8, 4) is 11.5 Å². The van der Waals surface area contributed by atoms with Gasteiger partial charge in [0, 0.05) is 5.70 Å². The van der Waals surface area contributed by atoms with Crippen LogP contribution in [0, 0.1) is 0 Å². The molecule has 8 nitrogen and oxygen atoms in total. The number of rotatable bonds is 9. The van der Waals surface area contributed by atoms with E-state index >= 15 is 0 Å². The van der Waals surface area contributed by atoms with Crippen LogP contribution in [0.25, 0.3) is 0 Å². The first-order valence-corrected chi connectivity index (χ1v) is 9.95. The van der Waals surface area contributed by atoms with Crippen molar-refractivity contribution in [2.75, 3.05) is 25.6 Å². The minimum Gasteiger partial charge on any atom is -0.493 e. The third kappa shape index (κ3) is 4.36. The topological polar surface area (TPSA) is 87.5 Å². The molecule has 156 valence electrons. The molecule has 2 aromatic rings. The highest BCUT2D eigenvalue weighted by molar-refractivity contribution is 5.92. The number of esters is 1. The van der Waals surface area contributed by atoms with Gasteiger partial charge in [0.1, 0.15) is 12.4 Å². The molecule has 0 amide bonds. The summed E-state index contributed by atoms with van der Waals surface area (Å²) in [7, 11) is 1.61. The maximum absolute atomic E-state index is 12.7. The second-order valence-corrected chi connectivity index (χ2v) is 6.78. The molecule has 8 heteroatoms. The van der Waals surface area contributed by atoms with E-state index in [0.29, 0.717) is 41.9 Å². The van der Waals surface area contributed by atoms with Crippen LogP contribution in [0.5, 0.6) is 11.5 Å². The molecule has 0 spiro atoms. The first-order chi connectivity index (χ1) is 14.1. The van der Waals surface area contributed by atoms with Gasteiger partial charge in [-0.05, 0) is 38.0 Å². The SMILES string of the molecule is CCCCCOc1ccc([C@H]2C(C(=O)OCC)=C(C)Nc3ncnn32)cc1OC. The molecule has 0 fully saturated rings. The molecule has 0 aliphatic carbocycles. The van der Waals surface area contributed by atoms with E-state index in [1.807, 2.05) is 25.1 Å². The van der Waals surface area contributed by atoms with E-state index in [0.717, 1.165) is 24.8 Å². The Labute approximate surface area is 170 Å². The van der Waals surface area contributed by atoms with Crippen molar-refractivity contribution >= 4 is 11.9 Å². The number of ether oxygens (including phenoxy) is 3. The van der Waals surface area contributed by atoms with E-state index in [1.54, 1.807) is 18.7 Å². The quantitative estimate of drug-likeness (QED) is 0.507. The molecule has 3 rings (SSSR count). The minimum absolute atomic E-state index is 0.292. The minimum atomic E-state index is -0.476. The van der Waals surface area contributed by atoms with Crippen LogP contribution in [-0.4, -0.2) is 41.1 Å². The van der Waals surface area contributed by atoms with E-state index < -0.39 is 6.04 Å². The molecule has 0 saturated heterocycles. The lowest BCUT2D eigenvalue weighted by Crippen LogP contribution is -2.29. The van der Waals surface area contributed by atoms with Crippen LogP contribution in [0.15, 0.2) is 35.8 Å². The van der Waals surface area contributed by atoms with E-state index in [1.165, 1.54) is 6.33 Å². The number of unbranched alkanes of at least 4 members (excludes halogenated alkanes) is 2. The monoisotopic (exact) mass is 400 g/mol. The molecule has 1 atom stereocenters. The summed E-state index contributed by atoms with van der Waals surface area (Å²) in [6.07, 6.45) is 4.71. The number of anilines is 1. The summed E-state index contributed by atoms with van der Waals surface area (Å²) in [5.41, 5.74) is 2.01. The van der Waals surface area contributed by atoms with Gasteiger partial charge < -0.3 is 19.5 Å². The fraction of sp³-hybridized carbons (Fsp3) is 0.476. The summed E-state index contributed by atoms with van der Waals surface area (Å²) in [4.78, 5) is 16.9. The summed E-state index contributed by atoms with van der Waals surface area (Å²) in [5.74, 6) is 1.47. The highest BCUT2D eigenvalue weighted by Crippen LogP contribution is 2.38. The standard InChI is InChI=1S/C21H28N4O4/c1-5-7-8-11-29-16-10-9-15(12-17(16)27-4)19-18(20(26)28-6-2)14(3)24-21-22-13-23-25(19)21/h9-10,12-13,19H,5-8,11H2,1-4H3,(H,22,23,24)/t19-/m0/s1. The van der Waals surface area contributed by atoms with Gasteiger partial charge in [0.05, 0.1) is 25.9 Å². The molecular formula is C21H28N4O4. The molecule has 1 aliphatic heterocycles. The van der Waals surface area contributed by atoms with Crippen molar-refractivity contribution in [1.82, 2.24) is 14.8 Å².